The molecule has 0 saturated carbocycles. The van der Waals surface area contributed by atoms with Crippen molar-refractivity contribution < 1.29 is 8.42 Å². The van der Waals surface area contributed by atoms with Gasteiger partial charge in [0.15, 0.2) is 5.25 Å². The number of nitrogens with zero attached hydrogens (tertiary/aromatic N) is 1. The van der Waals surface area contributed by atoms with Gasteiger partial charge in [-0.05, 0) is 19.4 Å². The normalized spacial score (nSPS) is 13.7. The second-order valence-corrected chi connectivity index (χ2v) is 5.88. The molecule has 2 N–H and O–H groups in total. The molecule has 0 rings (SSSR count). The molecule has 1 atom stereocenters. The highest BCUT2D eigenvalue weighted by Gasteiger charge is 2.22. The molecular formula is C10H21N3O2S. The van der Waals surface area contributed by atoms with Crippen LogP contribution in [0.5, 0.6) is 0 Å². The third-order valence-corrected chi connectivity index (χ3v) is 3.89. The van der Waals surface area contributed by atoms with E-state index < -0.39 is 15.3 Å². The maximum absolute atomic E-state index is 11.5. The maximum Gasteiger partial charge on any atom is 0.227 e. The average molecular weight is 247 g/mol. The van der Waals surface area contributed by atoms with Crippen molar-refractivity contribution in [2.24, 2.45) is 0 Å². The van der Waals surface area contributed by atoms with E-state index in [9.17, 15) is 8.42 Å². The molecule has 0 radical (unpaired) electrons. The van der Waals surface area contributed by atoms with Crippen molar-refractivity contribution in [1.82, 2.24) is 10.0 Å². The van der Waals surface area contributed by atoms with Crippen LogP contribution in [0.1, 0.15) is 33.6 Å². The highest BCUT2D eigenvalue weighted by molar-refractivity contribution is 7.90. The van der Waals surface area contributed by atoms with Gasteiger partial charge < -0.3 is 5.32 Å². The van der Waals surface area contributed by atoms with Crippen LogP contribution in [0.3, 0.4) is 0 Å². The molecule has 0 aliphatic heterocycles. The van der Waals surface area contributed by atoms with Gasteiger partial charge in [-0.15, -0.1) is 0 Å². The zero-order chi connectivity index (χ0) is 12.6. The Morgan fingerprint density at radius 1 is 1.31 bits per heavy atom. The van der Waals surface area contributed by atoms with Crippen LogP contribution >= 0.6 is 0 Å². The van der Waals surface area contributed by atoms with E-state index in [0.29, 0.717) is 19.0 Å². The third-order valence-electron chi connectivity index (χ3n) is 2.10. The molecule has 16 heavy (non-hydrogen) atoms. The van der Waals surface area contributed by atoms with Crippen molar-refractivity contribution in [3.63, 3.8) is 0 Å². The molecule has 0 saturated heterocycles. The summed E-state index contributed by atoms with van der Waals surface area (Å²) in [6.07, 6.45) is 1.04. The van der Waals surface area contributed by atoms with Gasteiger partial charge in [0.05, 0.1) is 6.07 Å². The van der Waals surface area contributed by atoms with E-state index in [-0.39, 0.29) is 0 Å². The van der Waals surface area contributed by atoms with Crippen molar-refractivity contribution in [3.8, 4) is 6.07 Å². The summed E-state index contributed by atoms with van der Waals surface area (Å²) < 4.78 is 25.5. The fourth-order valence-electron chi connectivity index (χ4n) is 1.17. The first kappa shape index (κ1) is 15.4. The summed E-state index contributed by atoms with van der Waals surface area (Å²) in [6, 6.07) is 2.19. The largest absolute Gasteiger partial charge is 0.314 e. The Kier molecular flexibility index (Phi) is 7.30. The van der Waals surface area contributed by atoms with E-state index in [4.69, 9.17) is 5.26 Å². The van der Waals surface area contributed by atoms with Gasteiger partial charge in [-0.1, -0.05) is 20.8 Å². The topological polar surface area (TPSA) is 82.0 Å². The minimum atomic E-state index is -3.46. The smallest absolute Gasteiger partial charge is 0.227 e. The first-order valence-corrected chi connectivity index (χ1v) is 7.10. The molecule has 0 aromatic heterocycles. The molecule has 0 aliphatic rings. The lowest BCUT2D eigenvalue weighted by Gasteiger charge is -2.11. The molecule has 5 nitrogen and oxygen atoms in total. The standard InChI is InChI=1S/C10H21N3O2S/c1-4-10(8-11)16(14,15)13-7-5-6-12-9(2)3/h9-10,12-13H,4-7H2,1-3H3. The van der Waals surface area contributed by atoms with E-state index >= 15 is 0 Å². The summed E-state index contributed by atoms with van der Waals surface area (Å²) in [4.78, 5) is 0. The molecular weight excluding hydrogens is 226 g/mol. The number of hydrogen-bond acceptors (Lipinski definition) is 4. The van der Waals surface area contributed by atoms with Crippen molar-refractivity contribution in [2.75, 3.05) is 13.1 Å². The molecule has 6 heteroatoms. The molecule has 0 heterocycles. The Balaban J connectivity index is 3.89. The van der Waals surface area contributed by atoms with Crippen LogP contribution in [0.4, 0.5) is 0 Å². The number of hydrogen-bond donors (Lipinski definition) is 2. The lowest BCUT2D eigenvalue weighted by atomic mass is 10.3. The van der Waals surface area contributed by atoms with Crippen molar-refractivity contribution in [2.45, 2.75) is 44.9 Å². The van der Waals surface area contributed by atoms with Crippen LogP contribution in [-0.2, 0) is 10.0 Å². The summed E-state index contributed by atoms with van der Waals surface area (Å²) in [5.74, 6) is 0. The predicted octanol–water partition coefficient (Wildman–Crippen LogP) is 0.596. The van der Waals surface area contributed by atoms with Gasteiger partial charge in [-0.25, -0.2) is 13.1 Å². The van der Waals surface area contributed by atoms with Crippen LogP contribution in [0.25, 0.3) is 0 Å². The zero-order valence-corrected chi connectivity index (χ0v) is 11.0. The van der Waals surface area contributed by atoms with Gasteiger partial charge >= 0.3 is 0 Å². The second-order valence-electron chi connectivity index (χ2n) is 3.93. The number of nitrogens with one attached hydrogen (secondary N) is 2. The lowest BCUT2D eigenvalue weighted by molar-refractivity contribution is 0.550. The molecule has 1 unspecified atom stereocenters. The molecule has 0 fully saturated rings. The Bertz CT molecular complexity index is 319. The minimum Gasteiger partial charge on any atom is -0.314 e. The van der Waals surface area contributed by atoms with Gasteiger partial charge in [0, 0.05) is 12.6 Å². The van der Waals surface area contributed by atoms with Crippen LogP contribution in [-0.4, -0.2) is 32.8 Å². The molecule has 0 aromatic rings. The van der Waals surface area contributed by atoms with Crippen LogP contribution < -0.4 is 10.0 Å². The quantitative estimate of drug-likeness (QED) is 0.615. The summed E-state index contributed by atoms with van der Waals surface area (Å²) in [7, 11) is -3.46. The highest BCUT2D eigenvalue weighted by Crippen LogP contribution is 2.02. The Hall–Kier alpha value is -0.640. The maximum atomic E-state index is 11.5. The van der Waals surface area contributed by atoms with Crippen molar-refractivity contribution in [3.05, 3.63) is 0 Å². The number of nitriles is 1. The number of rotatable bonds is 8. The van der Waals surface area contributed by atoms with Crippen LogP contribution in [0, 0.1) is 11.3 Å². The lowest BCUT2D eigenvalue weighted by Crippen LogP contribution is -2.35. The molecule has 0 aromatic carbocycles. The van der Waals surface area contributed by atoms with Crippen LogP contribution in [0.15, 0.2) is 0 Å². The van der Waals surface area contributed by atoms with Gasteiger partial charge in [-0.2, -0.15) is 5.26 Å². The van der Waals surface area contributed by atoms with Gasteiger partial charge in [-0.3, -0.25) is 0 Å². The average Bonchev–Trinajstić information content (AvgIpc) is 2.17. The molecule has 94 valence electrons. The fourth-order valence-corrected chi connectivity index (χ4v) is 2.38. The van der Waals surface area contributed by atoms with Gasteiger partial charge in [0.2, 0.25) is 10.0 Å². The third kappa shape index (κ3) is 6.05. The Morgan fingerprint density at radius 2 is 1.94 bits per heavy atom. The van der Waals surface area contributed by atoms with E-state index in [2.05, 4.69) is 10.0 Å². The van der Waals surface area contributed by atoms with E-state index in [1.165, 1.54) is 0 Å². The number of sulfonamides is 1. The summed E-state index contributed by atoms with van der Waals surface area (Å²) in [6.45, 7) is 6.90. The summed E-state index contributed by atoms with van der Waals surface area (Å²) >= 11 is 0. The minimum absolute atomic E-state index is 0.316. The summed E-state index contributed by atoms with van der Waals surface area (Å²) in [5, 5.41) is 10.9. The van der Waals surface area contributed by atoms with Crippen molar-refractivity contribution >= 4 is 10.0 Å². The summed E-state index contributed by atoms with van der Waals surface area (Å²) in [5.41, 5.74) is 0. The second kappa shape index (κ2) is 7.60. The Morgan fingerprint density at radius 3 is 2.38 bits per heavy atom. The van der Waals surface area contributed by atoms with E-state index in [0.717, 1.165) is 13.0 Å². The molecule has 0 amide bonds. The molecule has 0 bridgehead atoms. The first-order chi connectivity index (χ1) is 7.44. The zero-order valence-electron chi connectivity index (χ0n) is 10.2. The molecule has 0 aliphatic carbocycles. The highest BCUT2D eigenvalue weighted by atomic mass is 32.2. The predicted molar refractivity (Wildman–Crippen MR) is 64.4 cm³/mol. The SMILES string of the molecule is CCC(C#N)S(=O)(=O)NCCCNC(C)C. The fraction of sp³-hybridized carbons (Fsp3) is 0.900. The van der Waals surface area contributed by atoms with Crippen molar-refractivity contribution in [1.29, 1.82) is 5.26 Å². The first-order valence-electron chi connectivity index (χ1n) is 5.55. The monoisotopic (exact) mass is 247 g/mol. The Labute approximate surface area is 98.3 Å². The van der Waals surface area contributed by atoms with E-state index in [1.54, 1.807) is 13.0 Å². The van der Waals surface area contributed by atoms with Gasteiger partial charge in [0.1, 0.15) is 0 Å². The van der Waals surface area contributed by atoms with E-state index in [1.807, 2.05) is 13.8 Å². The van der Waals surface area contributed by atoms with Gasteiger partial charge in [0.25, 0.3) is 0 Å². The van der Waals surface area contributed by atoms with Crippen LogP contribution in [0.2, 0.25) is 0 Å². The molecule has 0 spiro atoms.